The molecule has 0 aromatic carbocycles. The van der Waals surface area contributed by atoms with Crippen LogP contribution in [0.5, 0.6) is 0 Å². The van der Waals surface area contributed by atoms with Crippen LogP contribution in [-0.4, -0.2) is 12.3 Å². The van der Waals surface area contributed by atoms with Crippen LogP contribution < -0.4 is 0 Å². The minimum Gasteiger partial charge on any atom is -0.348 e. The maximum atomic E-state index is 9.90. The van der Waals surface area contributed by atoms with Crippen LogP contribution in [0.4, 0.5) is 0 Å². The molecule has 4 nitrogen and oxygen atoms in total. The van der Waals surface area contributed by atoms with E-state index in [9.17, 15) is 4.79 Å². The predicted molar refractivity (Wildman–Crippen MR) is 29.5 cm³/mol. The molecule has 1 heterocycles. The Bertz CT molecular complexity index is 141. The summed E-state index contributed by atoms with van der Waals surface area (Å²) in [7, 11) is 0. The average Bonchev–Trinajstić information content (AvgIpc) is 1.91. The molecule has 0 aromatic rings. The Balaban J connectivity index is 2.39. The van der Waals surface area contributed by atoms with Gasteiger partial charge in [0.15, 0.2) is 0 Å². The van der Waals surface area contributed by atoms with Crippen LogP contribution in [-0.2, 0) is 9.63 Å². The summed E-state index contributed by atoms with van der Waals surface area (Å²) in [5, 5.41) is 6.86. The molecule has 1 unspecified atom stereocenters. The van der Waals surface area contributed by atoms with Crippen molar-refractivity contribution in [2.45, 2.75) is 12.5 Å². The fourth-order valence-corrected chi connectivity index (χ4v) is 0.504. The van der Waals surface area contributed by atoms with Crippen molar-refractivity contribution < 1.29 is 9.63 Å². The van der Waals surface area contributed by atoms with Crippen molar-refractivity contribution >= 4 is 6.29 Å². The third-order valence-electron chi connectivity index (χ3n) is 0.942. The Labute approximate surface area is 52.2 Å². The lowest BCUT2D eigenvalue weighted by Gasteiger charge is -2.02. The van der Waals surface area contributed by atoms with E-state index in [1.807, 2.05) is 0 Å². The molecular weight excluding hydrogens is 120 g/mol. The molecule has 0 radical (unpaired) electrons. The standard InChI is InChI=1S/C5H6N2O2/c8-3-1-5-2-4-9-7-6-5/h2-5H,1H2. The van der Waals surface area contributed by atoms with Crippen molar-refractivity contribution in [3.05, 3.63) is 12.3 Å². The van der Waals surface area contributed by atoms with Crippen LogP contribution in [0.3, 0.4) is 0 Å². The first kappa shape index (κ1) is 5.94. The van der Waals surface area contributed by atoms with E-state index in [0.29, 0.717) is 6.42 Å². The Morgan fingerprint density at radius 2 is 2.67 bits per heavy atom. The van der Waals surface area contributed by atoms with Gasteiger partial charge in [0.05, 0.1) is 0 Å². The van der Waals surface area contributed by atoms with Crippen molar-refractivity contribution in [2.24, 2.45) is 10.4 Å². The van der Waals surface area contributed by atoms with E-state index in [1.54, 1.807) is 6.08 Å². The van der Waals surface area contributed by atoms with E-state index in [2.05, 4.69) is 15.2 Å². The molecule has 0 N–H and O–H groups in total. The summed E-state index contributed by atoms with van der Waals surface area (Å²) in [4.78, 5) is 14.3. The van der Waals surface area contributed by atoms with Gasteiger partial charge in [-0.1, -0.05) is 0 Å². The molecule has 0 aliphatic carbocycles. The van der Waals surface area contributed by atoms with Gasteiger partial charge in [0, 0.05) is 11.7 Å². The van der Waals surface area contributed by atoms with Gasteiger partial charge < -0.3 is 9.63 Å². The van der Waals surface area contributed by atoms with Crippen LogP contribution in [0, 0.1) is 0 Å². The van der Waals surface area contributed by atoms with Gasteiger partial charge in [-0.3, -0.25) is 0 Å². The average molecular weight is 126 g/mol. The minimum absolute atomic E-state index is 0.115. The highest BCUT2D eigenvalue weighted by atomic mass is 16.6. The third kappa shape index (κ3) is 1.64. The molecule has 0 bridgehead atoms. The zero-order valence-electron chi connectivity index (χ0n) is 4.73. The molecule has 1 aliphatic heterocycles. The van der Waals surface area contributed by atoms with Crippen LogP contribution in [0.15, 0.2) is 22.7 Å². The molecule has 1 rings (SSSR count). The molecule has 9 heavy (non-hydrogen) atoms. The predicted octanol–water partition coefficient (Wildman–Crippen LogP) is 0.855. The third-order valence-corrected chi connectivity index (χ3v) is 0.942. The second-order valence-corrected chi connectivity index (χ2v) is 1.60. The number of hydrogen-bond acceptors (Lipinski definition) is 4. The van der Waals surface area contributed by atoms with Crippen molar-refractivity contribution in [1.82, 2.24) is 0 Å². The molecule has 0 fully saturated rings. The smallest absolute Gasteiger partial charge is 0.122 e. The normalized spacial score (nSPS) is 23.3. The van der Waals surface area contributed by atoms with Gasteiger partial charge in [0.1, 0.15) is 18.6 Å². The summed E-state index contributed by atoms with van der Waals surface area (Å²) in [5.41, 5.74) is 0. The fraction of sp³-hybridized carbons (Fsp3) is 0.400. The van der Waals surface area contributed by atoms with E-state index in [0.717, 1.165) is 6.29 Å². The molecule has 4 heteroatoms. The van der Waals surface area contributed by atoms with Gasteiger partial charge in [-0.25, -0.2) is 0 Å². The molecule has 0 amide bonds. The van der Waals surface area contributed by atoms with E-state index in [-0.39, 0.29) is 6.04 Å². The van der Waals surface area contributed by atoms with Gasteiger partial charge in [-0.15, -0.1) is 5.11 Å². The molecule has 0 saturated carbocycles. The first-order valence-corrected chi connectivity index (χ1v) is 2.60. The zero-order valence-corrected chi connectivity index (χ0v) is 4.73. The Hall–Kier alpha value is -1.19. The van der Waals surface area contributed by atoms with Crippen molar-refractivity contribution in [2.75, 3.05) is 0 Å². The molecule has 0 spiro atoms. The molecule has 1 atom stereocenters. The van der Waals surface area contributed by atoms with Gasteiger partial charge >= 0.3 is 0 Å². The lowest BCUT2D eigenvalue weighted by atomic mass is 10.2. The van der Waals surface area contributed by atoms with E-state index in [4.69, 9.17) is 0 Å². The summed E-state index contributed by atoms with van der Waals surface area (Å²) in [5.74, 6) is 0. The highest BCUT2D eigenvalue weighted by Gasteiger charge is 2.03. The number of hydrogen-bond donors (Lipinski definition) is 0. The Morgan fingerprint density at radius 3 is 3.22 bits per heavy atom. The van der Waals surface area contributed by atoms with Crippen LogP contribution >= 0.6 is 0 Å². The summed E-state index contributed by atoms with van der Waals surface area (Å²) >= 11 is 0. The number of nitrogens with zero attached hydrogens (tertiary/aromatic N) is 2. The van der Waals surface area contributed by atoms with Gasteiger partial charge in [-0.2, -0.15) is 0 Å². The number of carbonyl (C=O) groups is 1. The molecule has 0 saturated heterocycles. The highest BCUT2D eigenvalue weighted by Crippen LogP contribution is 2.04. The van der Waals surface area contributed by atoms with Crippen LogP contribution in [0.1, 0.15) is 6.42 Å². The van der Waals surface area contributed by atoms with Crippen LogP contribution in [0.25, 0.3) is 0 Å². The number of aldehydes is 1. The topological polar surface area (TPSA) is 51.0 Å². The molecule has 0 aromatic heterocycles. The maximum absolute atomic E-state index is 9.90. The van der Waals surface area contributed by atoms with Crippen molar-refractivity contribution in [1.29, 1.82) is 0 Å². The molecular formula is C5H6N2O2. The quantitative estimate of drug-likeness (QED) is 0.515. The lowest BCUT2D eigenvalue weighted by molar-refractivity contribution is -0.108. The number of rotatable bonds is 2. The summed E-state index contributed by atoms with van der Waals surface area (Å²) in [6.07, 6.45) is 4.28. The first-order valence-electron chi connectivity index (χ1n) is 2.60. The summed E-state index contributed by atoms with van der Waals surface area (Å²) < 4.78 is 0. The van der Waals surface area contributed by atoms with E-state index < -0.39 is 0 Å². The minimum atomic E-state index is -0.115. The SMILES string of the molecule is O=CCC1C=CON=N1. The second kappa shape index (κ2) is 2.96. The van der Waals surface area contributed by atoms with Crippen molar-refractivity contribution in [3.63, 3.8) is 0 Å². The number of carbonyl (C=O) groups excluding carboxylic acids is 1. The van der Waals surface area contributed by atoms with Gasteiger partial charge in [0.25, 0.3) is 0 Å². The largest absolute Gasteiger partial charge is 0.348 e. The van der Waals surface area contributed by atoms with Gasteiger partial charge in [-0.05, 0) is 6.08 Å². The molecule has 1 aliphatic rings. The lowest BCUT2D eigenvalue weighted by Crippen LogP contribution is -2.02. The van der Waals surface area contributed by atoms with E-state index in [1.165, 1.54) is 6.26 Å². The van der Waals surface area contributed by atoms with Gasteiger partial charge in [0.2, 0.25) is 0 Å². The summed E-state index contributed by atoms with van der Waals surface area (Å²) in [6.45, 7) is 0. The zero-order chi connectivity index (χ0) is 6.53. The Morgan fingerprint density at radius 1 is 1.78 bits per heavy atom. The highest BCUT2D eigenvalue weighted by molar-refractivity contribution is 5.51. The summed E-state index contributed by atoms with van der Waals surface area (Å²) in [6, 6.07) is -0.115. The van der Waals surface area contributed by atoms with Crippen molar-refractivity contribution in [3.8, 4) is 0 Å². The van der Waals surface area contributed by atoms with E-state index >= 15 is 0 Å². The monoisotopic (exact) mass is 126 g/mol. The fourth-order valence-electron chi connectivity index (χ4n) is 0.504. The maximum Gasteiger partial charge on any atom is 0.122 e. The van der Waals surface area contributed by atoms with Crippen LogP contribution in [0.2, 0.25) is 0 Å². The molecule has 48 valence electrons. The Kier molecular flexibility index (Phi) is 1.95. The first-order chi connectivity index (χ1) is 4.43. The second-order valence-electron chi connectivity index (χ2n) is 1.60.